The number of nitrogens with one attached hydrogen (secondary N) is 1. The number of rotatable bonds is 2. The van der Waals surface area contributed by atoms with E-state index >= 15 is 0 Å². The minimum atomic E-state index is 0.674. The topological polar surface area (TPSA) is 18.5 Å². The minimum absolute atomic E-state index is 0.674. The molecular weight excluding hydrogens is 210 g/mol. The van der Waals surface area contributed by atoms with E-state index in [0.717, 1.165) is 12.1 Å². The van der Waals surface area contributed by atoms with Crippen LogP contribution < -0.4 is 5.32 Å². The molecule has 3 heteroatoms. The van der Waals surface area contributed by atoms with E-state index in [1.54, 1.807) is 0 Å². The number of hydrogen-bond acceptors (Lipinski definition) is 3. The molecule has 17 heavy (non-hydrogen) atoms. The van der Waals surface area contributed by atoms with Crippen LogP contribution in [0.1, 0.15) is 40.0 Å². The third-order valence-corrected chi connectivity index (χ3v) is 4.38. The highest BCUT2D eigenvalue weighted by Gasteiger charge is 2.26. The Balaban J connectivity index is 1.85. The first-order valence-electron chi connectivity index (χ1n) is 7.38. The van der Waals surface area contributed by atoms with Crippen LogP contribution in [0.15, 0.2) is 0 Å². The number of nitrogens with zero attached hydrogens (tertiary/aromatic N) is 2. The summed E-state index contributed by atoms with van der Waals surface area (Å²) in [5, 5.41) is 3.54. The average molecular weight is 239 g/mol. The van der Waals surface area contributed by atoms with Crippen molar-refractivity contribution in [3.8, 4) is 0 Å². The van der Waals surface area contributed by atoms with Crippen LogP contribution in [-0.4, -0.2) is 60.6 Å². The zero-order valence-corrected chi connectivity index (χ0v) is 11.8. The molecule has 3 nitrogen and oxygen atoms in total. The molecule has 2 heterocycles. The first-order valence-corrected chi connectivity index (χ1v) is 7.38. The zero-order valence-electron chi connectivity index (χ0n) is 11.8. The van der Waals surface area contributed by atoms with Crippen LogP contribution in [0.2, 0.25) is 0 Å². The molecular formula is C14H29N3. The SMILES string of the molecule is CC1CN(C2CCCN(C(C)C)CC2)CCN1. The van der Waals surface area contributed by atoms with Gasteiger partial charge in [0.05, 0.1) is 0 Å². The van der Waals surface area contributed by atoms with Gasteiger partial charge in [-0.2, -0.15) is 0 Å². The molecule has 100 valence electrons. The van der Waals surface area contributed by atoms with E-state index in [1.807, 2.05) is 0 Å². The maximum atomic E-state index is 3.54. The summed E-state index contributed by atoms with van der Waals surface area (Å²) >= 11 is 0. The molecule has 0 aromatic rings. The number of likely N-dealkylation sites (tertiary alicyclic amines) is 1. The molecule has 0 aliphatic carbocycles. The Morgan fingerprint density at radius 3 is 2.65 bits per heavy atom. The molecule has 0 bridgehead atoms. The molecule has 2 fully saturated rings. The fourth-order valence-corrected chi connectivity index (χ4v) is 3.28. The van der Waals surface area contributed by atoms with E-state index in [9.17, 15) is 0 Å². The second kappa shape index (κ2) is 6.17. The van der Waals surface area contributed by atoms with E-state index in [1.165, 1.54) is 52.0 Å². The van der Waals surface area contributed by atoms with Gasteiger partial charge in [0.15, 0.2) is 0 Å². The molecule has 2 saturated heterocycles. The summed E-state index contributed by atoms with van der Waals surface area (Å²) in [5.41, 5.74) is 0. The Kier molecular flexibility index (Phi) is 4.83. The smallest absolute Gasteiger partial charge is 0.0167 e. The second-order valence-electron chi connectivity index (χ2n) is 6.06. The van der Waals surface area contributed by atoms with Crippen molar-refractivity contribution < 1.29 is 0 Å². The second-order valence-corrected chi connectivity index (χ2v) is 6.06. The van der Waals surface area contributed by atoms with Crippen LogP contribution in [0, 0.1) is 0 Å². The largest absolute Gasteiger partial charge is 0.312 e. The summed E-state index contributed by atoms with van der Waals surface area (Å²) in [6.45, 7) is 13.2. The molecule has 0 spiro atoms. The van der Waals surface area contributed by atoms with Crippen LogP contribution in [0.25, 0.3) is 0 Å². The predicted molar refractivity (Wildman–Crippen MR) is 73.4 cm³/mol. The summed E-state index contributed by atoms with van der Waals surface area (Å²) in [7, 11) is 0. The van der Waals surface area contributed by atoms with Crippen LogP contribution in [0.5, 0.6) is 0 Å². The van der Waals surface area contributed by atoms with Crippen LogP contribution >= 0.6 is 0 Å². The van der Waals surface area contributed by atoms with Gasteiger partial charge in [-0.1, -0.05) is 0 Å². The molecule has 0 radical (unpaired) electrons. The van der Waals surface area contributed by atoms with E-state index in [2.05, 4.69) is 35.9 Å². The molecule has 0 aromatic heterocycles. The molecule has 0 aromatic carbocycles. The van der Waals surface area contributed by atoms with Crippen LogP contribution in [-0.2, 0) is 0 Å². The standard InChI is InChI=1S/C14H29N3/c1-12(2)16-8-4-5-14(6-9-16)17-10-7-15-13(3)11-17/h12-15H,4-11H2,1-3H3. The first-order chi connectivity index (χ1) is 8.16. The summed E-state index contributed by atoms with van der Waals surface area (Å²) in [4.78, 5) is 5.37. The van der Waals surface area contributed by atoms with E-state index in [-0.39, 0.29) is 0 Å². The average Bonchev–Trinajstić information content (AvgIpc) is 2.54. The minimum Gasteiger partial charge on any atom is -0.312 e. The highest BCUT2D eigenvalue weighted by molar-refractivity contribution is 4.84. The van der Waals surface area contributed by atoms with Crippen LogP contribution in [0.4, 0.5) is 0 Å². The predicted octanol–water partition coefficient (Wildman–Crippen LogP) is 1.54. The fraction of sp³-hybridized carbons (Fsp3) is 1.00. The van der Waals surface area contributed by atoms with E-state index in [4.69, 9.17) is 0 Å². The molecule has 2 rings (SSSR count). The Bertz CT molecular complexity index is 230. The van der Waals surface area contributed by atoms with E-state index in [0.29, 0.717) is 6.04 Å². The molecule has 0 saturated carbocycles. The Hall–Kier alpha value is -0.120. The fourth-order valence-electron chi connectivity index (χ4n) is 3.28. The molecule has 2 unspecified atom stereocenters. The Morgan fingerprint density at radius 2 is 1.94 bits per heavy atom. The van der Waals surface area contributed by atoms with Crippen molar-refractivity contribution in [2.45, 2.75) is 58.2 Å². The van der Waals surface area contributed by atoms with Crippen molar-refractivity contribution >= 4 is 0 Å². The molecule has 2 aliphatic rings. The van der Waals surface area contributed by atoms with Gasteiger partial charge >= 0.3 is 0 Å². The maximum absolute atomic E-state index is 3.54. The third-order valence-electron chi connectivity index (χ3n) is 4.38. The molecule has 0 amide bonds. The normalized spacial score (nSPS) is 33.9. The first kappa shape index (κ1) is 13.3. The summed E-state index contributed by atoms with van der Waals surface area (Å²) in [6, 6.07) is 2.23. The quantitative estimate of drug-likeness (QED) is 0.788. The zero-order chi connectivity index (χ0) is 12.3. The monoisotopic (exact) mass is 239 g/mol. The molecule has 2 aliphatic heterocycles. The molecule has 2 atom stereocenters. The van der Waals surface area contributed by atoms with Crippen molar-refractivity contribution in [2.24, 2.45) is 0 Å². The van der Waals surface area contributed by atoms with Gasteiger partial charge in [-0.25, -0.2) is 0 Å². The van der Waals surface area contributed by atoms with Gasteiger partial charge in [-0.3, -0.25) is 4.90 Å². The molecule has 1 N–H and O–H groups in total. The van der Waals surface area contributed by atoms with Crippen LogP contribution in [0.3, 0.4) is 0 Å². The highest BCUT2D eigenvalue weighted by atomic mass is 15.2. The van der Waals surface area contributed by atoms with Gasteiger partial charge in [0.2, 0.25) is 0 Å². The third kappa shape index (κ3) is 3.67. The van der Waals surface area contributed by atoms with Gasteiger partial charge in [-0.15, -0.1) is 0 Å². The van der Waals surface area contributed by atoms with Crippen molar-refractivity contribution in [1.29, 1.82) is 0 Å². The number of hydrogen-bond donors (Lipinski definition) is 1. The van der Waals surface area contributed by atoms with Crippen molar-refractivity contribution in [3.05, 3.63) is 0 Å². The van der Waals surface area contributed by atoms with Crippen molar-refractivity contribution in [1.82, 2.24) is 15.1 Å². The maximum Gasteiger partial charge on any atom is 0.0167 e. The van der Waals surface area contributed by atoms with Gasteiger partial charge in [-0.05, 0) is 53.1 Å². The Morgan fingerprint density at radius 1 is 1.12 bits per heavy atom. The van der Waals surface area contributed by atoms with Crippen molar-refractivity contribution in [2.75, 3.05) is 32.7 Å². The lowest BCUT2D eigenvalue weighted by molar-refractivity contribution is 0.133. The van der Waals surface area contributed by atoms with Gasteiger partial charge in [0, 0.05) is 37.8 Å². The highest BCUT2D eigenvalue weighted by Crippen LogP contribution is 2.19. The lowest BCUT2D eigenvalue weighted by Crippen LogP contribution is -2.53. The van der Waals surface area contributed by atoms with Gasteiger partial charge < -0.3 is 10.2 Å². The Labute approximate surface area is 107 Å². The van der Waals surface area contributed by atoms with Gasteiger partial charge in [0.1, 0.15) is 0 Å². The summed E-state index contributed by atoms with van der Waals surface area (Å²) in [6.07, 6.45) is 4.14. The number of piperazine rings is 1. The van der Waals surface area contributed by atoms with Gasteiger partial charge in [0.25, 0.3) is 0 Å². The lowest BCUT2D eigenvalue weighted by atomic mass is 10.1. The van der Waals surface area contributed by atoms with Crippen molar-refractivity contribution in [3.63, 3.8) is 0 Å². The summed E-state index contributed by atoms with van der Waals surface area (Å²) < 4.78 is 0. The van der Waals surface area contributed by atoms with E-state index < -0.39 is 0 Å². The lowest BCUT2D eigenvalue weighted by Gasteiger charge is -2.37. The summed E-state index contributed by atoms with van der Waals surface area (Å²) in [5.74, 6) is 0.